The number of aliphatic hydroxyl groups is 3. The Labute approximate surface area is 162 Å². The number of likely N-dealkylation sites (N-methyl/N-ethyl adjacent to an activating group) is 1. The Balaban J connectivity index is 1.59. The van der Waals surface area contributed by atoms with Crippen molar-refractivity contribution in [2.75, 3.05) is 20.1 Å². The quantitative estimate of drug-likeness (QED) is 0.514. The van der Waals surface area contributed by atoms with Crippen LogP contribution in [0.25, 0.3) is 0 Å². The van der Waals surface area contributed by atoms with Crippen molar-refractivity contribution in [2.45, 2.75) is 61.1 Å². The number of likely N-dealkylation sites (tertiary alicyclic amines) is 1. The maximum atomic E-state index is 12.9. The summed E-state index contributed by atoms with van der Waals surface area (Å²) in [6, 6.07) is 3.16. The second-order valence-electron chi connectivity index (χ2n) is 9.85. The van der Waals surface area contributed by atoms with Gasteiger partial charge in [-0.25, -0.2) is 0 Å². The molecule has 7 heteroatoms. The summed E-state index contributed by atoms with van der Waals surface area (Å²) in [5, 5.41) is 43.5. The molecule has 1 aromatic carbocycles. The first-order valence-electron chi connectivity index (χ1n) is 10.2. The van der Waals surface area contributed by atoms with Crippen molar-refractivity contribution in [3.63, 3.8) is 0 Å². The molecule has 2 aliphatic heterocycles. The molecule has 2 saturated carbocycles. The van der Waals surface area contributed by atoms with E-state index in [4.69, 9.17) is 4.74 Å². The molecule has 3 unspecified atom stereocenters. The number of aromatic hydroxyl groups is 1. The molecule has 28 heavy (non-hydrogen) atoms. The van der Waals surface area contributed by atoms with Gasteiger partial charge in [-0.05, 0) is 18.1 Å². The second-order valence-corrected chi connectivity index (χ2v) is 9.85. The largest absolute Gasteiger partial charge is 0.504 e. The minimum Gasteiger partial charge on any atom is -0.504 e. The van der Waals surface area contributed by atoms with Crippen molar-refractivity contribution < 1.29 is 34.4 Å². The lowest BCUT2D eigenvalue weighted by atomic mass is 9.47. The zero-order valence-electron chi connectivity index (χ0n) is 15.8. The number of ether oxygens (including phenoxy) is 1. The lowest BCUT2D eigenvalue weighted by molar-refractivity contribution is -0.951. The number of hydrogen-bond acceptors (Lipinski definition) is 6. The van der Waals surface area contributed by atoms with E-state index >= 15 is 0 Å². The van der Waals surface area contributed by atoms with Gasteiger partial charge < -0.3 is 29.6 Å². The Morgan fingerprint density at radius 1 is 1.29 bits per heavy atom. The van der Waals surface area contributed by atoms with Gasteiger partial charge in [-0.2, -0.15) is 0 Å². The normalized spacial score (nSPS) is 50.1. The van der Waals surface area contributed by atoms with Crippen molar-refractivity contribution in [2.24, 2.45) is 5.92 Å². The molecular formula is C21H26NO6+. The van der Waals surface area contributed by atoms with Crippen molar-refractivity contribution in [1.29, 1.82) is 0 Å². The predicted molar refractivity (Wildman–Crippen MR) is 96.9 cm³/mol. The standard InChI is InChI=1S/C21H25NO6/c1-22(9-11-6-13(11)24)5-4-20-17-10-2-3-12(23)18(17)28-19(20)14(25)8-16(26)21(20,27)15(22)7-10/h2-3,11,13,15-16,19,24,26-27H,4-9H2,1H3/p+1/t11?,13?,15-,16?,19-,20-,21-,22+/m0/s1. The molecule has 6 rings (SSSR count). The number of phenols is 1. The summed E-state index contributed by atoms with van der Waals surface area (Å²) in [7, 11) is 2.10. The number of piperidine rings is 1. The van der Waals surface area contributed by atoms with Crippen LogP contribution in [0.2, 0.25) is 0 Å². The van der Waals surface area contributed by atoms with Gasteiger partial charge in [0, 0.05) is 30.7 Å². The highest BCUT2D eigenvalue weighted by Gasteiger charge is 2.79. The molecule has 1 spiro atoms. The predicted octanol–water partition coefficient (Wildman–Crippen LogP) is -0.388. The molecule has 3 aliphatic carbocycles. The summed E-state index contributed by atoms with van der Waals surface area (Å²) in [6.07, 6.45) is -0.641. The average molecular weight is 388 g/mol. The van der Waals surface area contributed by atoms with Gasteiger partial charge in [0.1, 0.15) is 6.04 Å². The van der Waals surface area contributed by atoms with Crippen LogP contribution in [0.15, 0.2) is 12.1 Å². The third-order valence-corrected chi connectivity index (χ3v) is 8.49. The highest BCUT2D eigenvalue weighted by molar-refractivity contribution is 5.90. The van der Waals surface area contributed by atoms with Gasteiger partial charge in [0.05, 0.1) is 37.8 Å². The molecule has 4 N–H and O–H groups in total. The van der Waals surface area contributed by atoms with E-state index in [2.05, 4.69) is 7.05 Å². The average Bonchev–Trinajstić information content (AvgIpc) is 3.18. The van der Waals surface area contributed by atoms with Crippen LogP contribution in [0.4, 0.5) is 0 Å². The van der Waals surface area contributed by atoms with Crippen LogP contribution in [0.5, 0.6) is 11.5 Å². The number of rotatable bonds is 2. The smallest absolute Gasteiger partial charge is 0.177 e. The van der Waals surface area contributed by atoms with Gasteiger partial charge in [-0.1, -0.05) is 6.07 Å². The zero-order valence-corrected chi connectivity index (χ0v) is 15.8. The molecule has 8 atom stereocenters. The number of Topliss-reactive ketones (excluding diaryl/α,β-unsaturated/α-hetero) is 1. The van der Waals surface area contributed by atoms with Gasteiger partial charge in [-0.3, -0.25) is 4.79 Å². The summed E-state index contributed by atoms with van der Waals surface area (Å²) in [5.74, 6) is 0.288. The first kappa shape index (κ1) is 17.2. The number of quaternary nitrogens is 1. The van der Waals surface area contributed by atoms with E-state index in [-0.39, 0.29) is 36.0 Å². The van der Waals surface area contributed by atoms with Crippen LogP contribution in [0.1, 0.15) is 30.4 Å². The topological polar surface area (TPSA) is 107 Å². The number of hydrogen-bond donors (Lipinski definition) is 4. The van der Waals surface area contributed by atoms with E-state index in [0.29, 0.717) is 23.1 Å². The maximum Gasteiger partial charge on any atom is 0.177 e. The summed E-state index contributed by atoms with van der Waals surface area (Å²) in [4.78, 5) is 12.9. The molecule has 3 fully saturated rings. The summed E-state index contributed by atoms with van der Waals surface area (Å²) >= 11 is 0. The molecule has 0 radical (unpaired) electrons. The van der Waals surface area contributed by atoms with Gasteiger partial charge >= 0.3 is 0 Å². The number of carbonyl (C=O) groups is 1. The lowest BCUT2D eigenvalue weighted by Gasteiger charge is -2.65. The number of nitrogens with zero attached hydrogens (tertiary/aromatic N) is 1. The Kier molecular flexibility index (Phi) is 3.01. The van der Waals surface area contributed by atoms with Gasteiger partial charge in [0.25, 0.3) is 0 Å². The van der Waals surface area contributed by atoms with Crippen LogP contribution >= 0.6 is 0 Å². The monoisotopic (exact) mass is 388 g/mol. The van der Waals surface area contributed by atoms with Crippen molar-refractivity contribution >= 4 is 5.78 Å². The molecule has 5 aliphatic rings. The first-order valence-corrected chi connectivity index (χ1v) is 10.2. The molecule has 1 aromatic rings. The molecule has 2 heterocycles. The zero-order chi connectivity index (χ0) is 19.6. The fourth-order valence-corrected chi connectivity index (χ4v) is 7.05. The van der Waals surface area contributed by atoms with E-state index < -0.39 is 23.2 Å². The number of carbonyl (C=O) groups excluding carboxylic acids is 1. The number of aliphatic hydroxyl groups excluding tert-OH is 2. The van der Waals surface area contributed by atoms with Crippen molar-refractivity contribution in [3.05, 3.63) is 23.3 Å². The Bertz CT molecular complexity index is 918. The SMILES string of the molecule is C[N@+]1(CC2CC2O)CC[C@]23c4c5ccc(O)c4O[C@H]2C(=O)CC(O)[C@@]3(O)[C@@H]1C5. The fourth-order valence-electron chi connectivity index (χ4n) is 7.05. The molecule has 1 saturated heterocycles. The number of ketones is 1. The van der Waals surface area contributed by atoms with E-state index in [1.807, 2.05) is 6.07 Å². The Morgan fingerprint density at radius 3 is 2.75 bits per heavy atom. The maximum absolute atomic E-state index is 12.9. The lowest BCUT2D eigenvalue weighted by Crippen LogP contribution is -2.84. The van der Waals surface area contributed by atoms with Gasteiger partial charge in [-0.15, -0.1) is 0 Å². The number of benzene rings is 1. The minimum absolute atomic E-state index is 0.0189. The Hall–Kier alpha value is -1.67. The highest BCUT2D eigenvalue weighted by atomic mass is 16.5. The van der Waals surface area contributed by atoms with E-state index in [1.165, 1.54) is 0 Å². The minimum atomic E-state index is -1.51. The van der Waals surface area contributed by atoms with Crippen LogP contribution in [-0.4, -0.2) is 80.8 Å². The summed E-state index contributed by atoms with van der Waals surface area (Å²) < 4.78 is 6.56. The van der Waals surface area contributed by atoms with Crippen molar-refractivity contribution in [1.82, 2.24) is 0 Å². The molecule has 0 amide bonds. The molecule has 150 valence electrons. The highest BCUT2D eigenvalue weighted by Crippen LogP contribution is 2.65. The summed E-state index contributed by atoms with van der Waals surface area (Å²) in [6.45, 7) is 1.47. The molecular weight excluding hydrogens is 362 g/mol. The van der Waals surface area contributed by atoms with Crippen LogP contribution in [-0.2, 0) is 16.6 Å². The fraction of sp³-hybridized carbons (Fsp3) is 0.667. The van der Waals surface area contributed by atoms with E-state index in [9.17, 15) is 25.2 Å². The third-order valence-electron chi connectivity index (χ3n) is 8.49. The van der Waals surface area contributed by atoms with Crippen molar-refractivity contribution in [3.8, 4) is 11.5 Å². The van der Waals surface area contributed by atoms with Gasteiger partial charge in [0.2, 0.25) is 0 Å². The van der Waals surface area contributed by atoms with E-state index in [1.54, 1.807) is 6.07 Å². The van der Waals surface area contributed by atoms with Crippen LogP contribution < -0.4 is 4.74 Å². The van der Waals surface area contributed by atoms with E-state index in [0.717, 1.165) is 30.6 Å². The molecule has 0 aromatic heterocycles. The molecule has 7 nitrogen and oxygen atoms in total. The van der Waals surface area contributed by atoms with Crippen LogP contribution in [0.3, 0.4) is 0 Å². The first-order chi connectivity index (χ1) is 13.2. The van der Waals surface area contributed by atoms with Gasteiger partial charge in [0.15, 0.2) is 29.0 Å². The van der Waals surface area contributed by atoms with Crippen LogP contribution in [0, 0.1) is 5.92 Å². The number of phenolic OH excluding ortho intramolecular Hbond substituents is 1. The molecule has 2 bridgehead atoms. The summed E-state index contributed by atoms with van der Waals surface area (Å²) in [5.41, 5.74) is -0.827. The Morgan fingerprint density at radius 2 is 2.04 bits per heavy atom. The third kappa shape index (κ3) is 1.70. The second kappa shape index (κ2) is 4.90.